The van der Waals surface area contributed by atoms with Gasteiger partial charge in [0.2, 0.25) is 0 Å². The van der Waals surface area contributed by atoms with Crippen molar-refractivity contribution in [3.05, 3.63) is 187 Å². The number of benzene rings is 7. The molecular formula is C49H28N6. The second-order valence-corrected chi connectivity index (χ2v) is 13.2. The van der Waals surface area contributed by atoms with Crippen molar-refractivity contribution in [2.45, 2.75) is 0 Å². The standard InChI is InChI=1S/C49H28N6/c50-29-32-11-9-17-37(23-32)41-26-39(45-28-44(35-13-3-1-4-14-35)53-49(54-45)36-15-5-2-6-16-36)27-42(38-18-10-12-33(24-38)30-51)48(41)55-46-20-8-7-19-40(46)43-25-34(31-52)21-22-47(43)55/h1-28H. The van der Waals surface area contributed by atoms with Gasteiger partial charge in [0.05, 0.1) is 63.0 Å². The van der Waals surface area contributed by atoms with E-state index in [4.69, 9.17) is 9.97 Å². The summed E-state index contributed by atoms with van der Waals surface area (Å²) in [5.41, 5.74) is 12.0. The Kier molecular flexibility index (Phi) is 8.22. The third-order valence-electron chi connectivity index (χ3n) is 9.86. The Labute approximate surface area is 317 Å². The highest BCUT2D eigenvalue weighted by Crippen LogP contribution is 2.44. The molecule has 0 aliphatic carbocycles. The Bertz CT molecular complexity index is 2930. The number of aromatic nitrogens is 3. The van der Waals surface area contributed by atoms with Crippen LogP contribution in [-0.2, 0) is 0 Å². The lowest BCUT2D eigenvalue weighted by atomic mass is 9.90. The second-order valence-electron chi connectivity index (χ2n) is 13.2. The Morgan fingerprint density at radius 2 is 0.891 bits per heavy atom. The van der Waals surface area contributed by atoms with Gasteiger partial charge in [0, 0.05) is 38.6 Å². The molecule has 0 saturated carbocycles. The van der Waals surface area contributed by atoms with Gasteiger partial charge in [-0.2, -0.15) is 15.8 Å². The van der Waals surface area contributed by atoms with Gasteiger partial charge in [-0.3, -0.25) is 0 Å². The number of hydrogen-bond donors (Lipinski definition) is 0. The van der Waals surface area contributed by atoms with E-state index in [0.717, 1.165) is 77.8 Å². The molecule has 0 aliphatic heterocycles. The van der Waals surface area contributed by atoms with Crippen LogP contribution in [-0.4, -0.2) is 14.5 Å². The third-order valence-corrected chi connectivity index (χ3v) is 9.86. The normalized spacial score (nSPS) is 10.9. The predicted molar refractivity (Wildman–Crippen MR) is 218 cm³/mol. The van der Waals surface area contributed by atoms with Crippen LogP contribution >= 0.6 is 0 Å². The van der Waals surface area contributed by atoms with Crippen molar-refractivity contribution in [2.75, 3.05) is 0 Å². The molecule has 55 heavy (non-hydrogen) atoms. The molecule has 7 aromatic carbocycles. The fraction of sp³-hybridized carbons (Fsp3) is 0. The summed E-state index contributed by atoms with van der Waals surface area (Å²) < 4.78 is 2.24. The second kappa shape index (κ2) is 13.8. The summed E-state index contributed by atoms with van der Waals surface area (Å²) in [7, 11) is 0. The van der Waals surface area contributed by atoms with Gasteiger partial charge < -0.3 is 4.57 Å². The van der Waals surface area contributed by atoms with Crippen molar-refractivity contribution in [3.8, 4) is 80.1 Å². The summed E-state index contributed by atoms with van der Waals surface area (Å²) in [5.74, 6) is 0.595. The quantitative estimate of drug-likeness (QED) is 0.172. The van der Waals surface area contributed by atoms with Crippen molar-refractivity contribution >= 4 is 21.8 Å². The minimum atomic E-state index is 0.530. The zero-order valence-electron chi connectivity index (χ0n) is 29.3. The summed E-state index contributed by atoms with van der Waals surface area (Å²) >= 11 is 0. The Morgan fingerprint density at radius 1 is 0.382 bits per heavy atom. The first-order valence-electron chi connectivity index (χ1n) is 17.7. The molecule has 9 rings (SSSR count). The molecule has 2 aromatic heterocycles. The summed E-state index contributed by atoms with van der Waals surface area (Å²) in [5, 5.41) is 32.0. The highest BCUT2D eigenvalue weighted by atomic mass is 15.0. The van der Waals surface area contributed by atoms with Gasteiger partial charge >= 0.3 is 0 Å². The van der Waals surface area contributed by atoms with Crippen LogP contribution in [0.1, 0.15) is 16.7 Å². The smallest absolute Gasteiger partial charge is 0.160 e. The summed E-state index contributed by atoms with van der Waals surface area (Å²) in [4.78, 5) is 10.2. The van der Waals surface area contributed by atoms with Crippen LogP contribution in [0.2, 0.25) is 0 Å². The number of nitriles is 3. The molecule has 0 saturated heterocycles. The van der Waals surface area contributed by atoms with E-state index >= 15 is 0 Å². The predicted octanol–water partition coefficient (Wildman–Crippen LogP) is 11.5. The molecule has 0 unspecified atom stereocenters. The van der Waals surface area contributed by atoms with Gasteiger partial charge in [0.25, 0.3) is 0 Å². The van der Waals surface area contributed by atoms with Gasteiger partial charge in [-0.15, -0.1) is 0 Å². The number of fused-ring (bicyclic) bond motifs is 3. The van der Waals surface area contributed by atoms with Gasteiger partial charge in [-0.25, -0.2) is 9.97 Å². The third kappa shape index (κ3) is 5.95. The summed E-state index contributed by atoms with van der Waals surface area (Å²) in [6.45, 7) is 0. The SMILES string of the molecule is N#Cc1cccc(-c2cc(-c3cc(-c4ccccc4)nc(-c4ccccc4)n3)cc(-c3cccc(C#N)c3)c2-n2c3ccccc3c3cc(C#N)ccc32)c1. The van der Waals surface area contributed by atoms with E-state index in [-0.39, 0.29) is 0 Å². The molecule has 0 amide bonds. The Balaban J connectivity index is 1.44. The molecule has 254 valence electrons. The fourth-order valence-electron chi connectivity index (χ4n) is 7.33. The Hall–Kier alpha value is -8.11. The van der Waals surface area contributed by atoms with Crippen molar-refractivity contribution in [3.63, 3.8) is 0 Å². The van der Waals surface area contributed by atoms with Crippen molar-refractivity contribution in [2.24, 2.45) is 0 Å². The molecule has 2 heterocycles. The van der Waals surface area contributed by atoms with Gasteiger partial charge in [0.1, 0.15) is 0 Å². The van der Waals surface area contributed by atoms with Crippen molar-refractivity contribution in [1.82, 2.24) is 14.5 Å². The molecule has 0 atom stereocenters. The first-order valence-corrected chi connectivity index (χ1v) is 17.7. The van der Waals surface area contributed by atoms with E-state index in [2.05, 4.69) is 47.0 Å². The monoisotopic (exact) mass is 700 g/mol. The van der Waals surface area contributed by atoms with Crippen LogP contribution < -0.4 is 0 Å². The van der Waals surface area contributed by atoms with Crippen LogP contribution in [0.15, 0.2) is 170 Å². The fourth-order valence-corrected chi connectivity index (χ4v) is 7.33. The Morgan fingerprint density at radius 3 is 1.51 bits per heavy atom. The maximum absolute atomic E-state index is 10.1. The highest BCUT2D eigenvalue weighted by molar-refractivity contribution is 6.11. The maximum Gasteiger partial charge on any atom is 0.160 e. The lowest BCUT2D eigenvalue weighted by Crippen LogP contribution is -2.03. The molecule has 0 N–H and O–H groups in total. The number of nitrogens with zero attached hydrogens (tertiary/aromatic N) is 6. The van der Waals surface area contributed by atoms with E-state index in [0.29, 0.717) is 22.5 Å². The minimum absolute atomic E-state index is 0.530. The van der Waals surface area contributed by atoms with E-state index in [1.807, 2.05) is 133 Å². The molecule has 0 spiro atoms. The zero-order chi connectivity index (χ0) is 37.3. The van der Waals surface area contributed by atoms with E-state index in [9.17, 15) is 15.8 Å². The topological polar surface area (TPSA) is 102 Å². The van der Waals surface area contributed by atoms with Gasteiger partial charge in [0.15, 0.2) is 5.82 Å². The maximum atomic E-state index is 10.1. The molecule has 0 aliphatic rings. The van der Waals surface area contributed by atoms with Crippen molar-refractivity contribution in [1.29, 1.82) is 15.8 Å². The molecule has 0 radical (unpaired) electrons. The minimum Gasteiger partial charge on any atom is -0.308 e. The molecule has 6 nitrogen and oxygen atoms in total. The largest absolute Gasteiger partial charge is 0.308 e. The van der Waals surface area contributed by atoms with E-state index in [1.165, 1.54) is 0 Å². The van der Waals surface area contributed by atoms with Crippen LogP contribution in [0.4, 0.5) is 0 Å². The summed E-state index contributed by atoms with van der Waals surface area (Å²) in [6.07, 6.45) is 0. The lowest BCUT2D eigenvalue weighted by molar-refractivity contribution is 1.17. The van der Waals surface area contributed by atoms with Gasteiger partial charge in [-0.1, -0.05) is 103 Å². The number of para-hydroxylation sites is 1. The van der Waals surface area contributed by atoms with Crippen molar-refractivity contribution < 1.29 is 0 Å². The lowest BCUT2D eigenvalue weighted by Gasteiger charge is -2.21. The van der Waals surface area contributed by atoms with E-state index < -0.39 is 0 Å². The first kappa shape index (κ1) is 32.8. The molecule has 0 bridgehead atoms. The average molecular weight is 701 g/mol. The zero-order valence-corrected chi connectivity index (χ0v) is 29.3. The summed E-state index contributed by atoms with van der Waals surface area (Å²) in [6, 6.07) is 62.5. The molecule has 6 heteroatoms. The number of rotatable bonds is 6. The van der Waals surface area contributed by atoms with Crippen LogP contribution in [0, 0.1) is 34.0 Å². The average Bonchev–Trinajstić information content (AvgIpc) is 3.59. The van der Waals surface area contributed by atoms with Crippen LogP contribution in [0.3, 0.4) is 0 Å². The van der Waals surface area contributed by atoms with Crippen LogP contribution in [0.5, 0.6) is 0 Å². The first-order chi connectivity index (χ1) is 27.1. The van der Waals surface area contributed by atoms with E-state index in [1.54, 1.807) is 12.1 Å². The number of hydrogen-bond acceptors (Lipinski definition) is 5. The molecule has 0 fully saturated rings. The highest BCUT2D eigenvalue weighted by Gasteiger charge is 2.23. The molecular weight excluding hydrogens is 673 g/mol. The van der Waals surface area contributed by atoms with Crippen LogP contribution in [0.25, 0.3) is 83.6 Å². The van der Waals surface area contributed by atoms with Gasteiger partial charge in [-0.05, 0) is 77.9 Å². The molecule has 9 aromatic rings.